The van der Waals surface area contributed by atoms with Gasteiger partial charge in [0.25, 0.3) is 5.69 Å². The van der Waals surface area contributed by atoms with Gasteiger partial charge < -0.3 is 4.42 Å². The van der Waals surface area contributed by atoms with E-state index < -0.39 is 4.92 Å². The number of nitro benzene ring substituents is 1. The summed E-state index contributed by atoms with van der Waals surface area (Å²) in [5.41, 5.74) is 0.100. The second-order valence-corrected chi connectivity index (χ2v) is 5.69. The number of nitro groups is 1. The molecule has 0 aliphatic carbocycles. The molecule has 8 nitrogen and oxygen atoms in total. The van der Waals surface area contributed by atoms with Crippen LogP contribution in [0.3, 0.4) is 0 Å². The van der Waals surface area contributed by atoms with Crippen LogP contribution in [0.2, 0.25) is 0 Å². The molecule has 0 spiro atoms. The lowest BCUT2D eigenvalue weighted by molar-refractivity contribution is -0.387. The van der Waals surface area contributed by atoms with E-state index in [0.29, 0.717) is 28.2 Å². The zero-order valence-corrected chi connectivity index (χ0v) is 13.4. The van der Waals surface area contributed by atoms with Gasteiger partial charge in [-0.1, -0.05) is 0 Å². The van der Waals surface area contributed by atoms with E-state index >= 15 is 0 Å². The monoisotopic (exact) mass is 341 g/mol. The van der Waals surface area contributed by atoms with Crippen LogP contribution in [0.25, 0.3) is 11.6 Å². The first kappa shape index (κ1) is 15.8. The van der Waals surface area contributed by atoms with Crippen molar-refractivity contribution in [1.82, 2.24) is 14.8 Å². The molecule has 9 heteroatoms. The molecule has 0 unspecified atom stereocenters. The highest BCUT2D eigenvalue weighted by Gasteiger charge is 2.21. The summed E-state index contributed by atoms with van der Waals surface area (Å²) in [6.07, 6.45) is 1.54. The molecule has 0 N–H and O–H groups in total. The van der Waals surface area contributed by atoms with Crippen LogP contribution in [0.15, 0.2) is 51.1 Å². The van der Waals surface area contributed by atoms with Gasteiger partial charge in [-0.15, -0.1) is 10.2 Å². The maximum Gasteiger partial charge on any atom is 0.284 e. The van der Waals surface area contributed by atoms with Gasteiger partial charge in [0.05, 0.1) is 27.7 Å². The normalized spacial score (nSPS) is 10.5. The summed E-state index contributed by atoms with van der Waals surface area (Å²) < 4.78 is 7.15. The molecule has 0 bridgehead atoms. The van der Waals surface area contributed by atoms with Gasteiger partial charge in [-0.05, 0) is 43.0 Å². The van der Waals surface area contributed by atoms with Crippen molar-refractivity contribution < 1.29 is 9.34 Å². The minimum Gasteiger partial charge on any atom is -0.461 e. The zero-order chi connectivity index (χ0) is 17.1. The lowest BCUT2D eigenvalue weighted by Crippen LogP contribution is -1.99. The van der Waals surface area contributed by atoms with Gasteiger partial charge in [-0.2, -0.15) is 5.26 Å². The van der Waals surface area contributed by atoms with E-state index in [2.05, 4.69) is 10.2 Å². The Bertz CT molecular complexity index is 927. The summed E-state index contributed by atoms with van der Waals surface area (Å²) >= 11 is 1.13. The smallest absolute Gasteiger partial charge is 0.284 e. The van der Waals surface area contributed by atoms with Crippen molar-refractivity contribution in [2.45, 2.75) is 23.5 Å². The van der Waals surface area contributed by atoms with Crippen molar-refractivity contribution in [3.05, 3.63) is 52.3 Å². The summed E-state index contributed by atoms with van der Waals surface area (Å²) in [6, 6.07) is 9.76. The highest BCUT2D eigenvalue weighted by atomic mass is 32.2. The molecule has 0 amide bonds. The number of aromatic nitrogens is 3. The summed E-state index contributed by atoms with van der Waals surface area (Å²) in [7, 11) is 0. The molecule has 0 aliphatic rings. The minimum atomic E-state index is -0.511. The summed E-state index contributed by atoms with van der Waals surface area (Å²) in [5, 5.41) is 28.9. The number of hydrogen-bond donors (Lipinski definition) is 0. The van der Waals surface area contributed by atoms with Crippen molar-refractivity contribution in [1.29, 1.82) is 5.26 Å². The van der Waals surface area contributed by atoms with Crippen LogP contribution >= 0.6 is 11.8 Å². The van der Waals surface area contributed by atoms with Crippen molar-refractivity contribution in [2.24, 2.45) is 0 Å². The maximum atomic E-state index is 11.3. The van der Waals surface area contributed by atoms with Gasteiger partial charge in [0.2, 0.25) is 0 Å². The van der Waals surface area contributed by atoms with Crippen molar-refractivity contribution in [3.63, 3.8) is 0 Å². The number of nitriles is 1. The first-order valence-electron chi connectivity index (χ1n) is 6.97. The number of furan rings is 1. The van der Waals surface area contributed by atoms with Crippen LogP contribution in [0.1, 0.15) is 12.5 Å². The zero-order valence-electron chi connectivity index (χ0n) is 12.5. The molecule has 0 saturated heterocycles. The number of rotatable bonds is 5. The second-order valence-electron chi connectivity index (χ2n) is 4.68. The van der Waals surface area contributed by atoms with Crippen LogP contribution in [-0.4, -0.2) is 19.7 Å². The Hall–Kier alpha value is -3.12. The van der Waals surface area contributed by atoms with E-state index in [0.717, 1.165) is 11.8 Å². The molecule has 2 aromatic heterocycles. The molecule has 0 fully saturated rings. The fourth-order valence-corrected chi connectivity index (χ4v) is 3.13. The van der Waals surface area contributed by atoms with Crippen molar-refractivity contribution in [2.75, 3.05) is 0 Å². The number of nitrogens with zero attached hydrogens (tertiary/aromatic N) is 5. The molecule has 0 saturated carbocycles. The number of benzene rings is 1. The lowest BCUT2D eigenvalue weighted by atomic mass is 10.2. The average Bonchev–Trinajstić information content (AvgIpc) is 3.23. The Morgan fingerprint density at radius 2 is 2.25 bits per heavy atom. The standard InChI is InChI=1S/C15H11N5O3S/c1-2-19-14(12-4-3-7-23-12)17-18-15(19)24-13-6-5-10(9-16)8-11(13)20(21)22/h3-8H,2H2,1H3. The van der Waals surface area contributed by atoms with E-state index in [9.17, 15) is 10.1 Å². The van der Waals surface area contributed by atoms with E-state index in [1.807, 2.05) is 17.6 Å². The minimum absolute atomic E-state index is 0.135. The third kappa shape index (κ3) is 2.87. The molecule has 0 aliphatic heterocycles. The van der Waals surface area contributed by atoms with Gasteiger partial charge in [0.15, 0.2) is 16.7 Å². The SMILES string of the molecule is CCn1c(Sc2ccc(C#N)cc2[N+](=O)[O-])nnc1-c1ccco1. The highest BCUT2D eigenvalue weighted by molar-refractivity contribution is 7.99. The highest BCUT2D eigenvalue weighted by Crippen LogP contribution is 2.35. The van der Waals surface area contributed by atoms with Crippen LogP contribution < -0.4 is 0 Å². The van der Waals surface area contributed by atoms with Crippen molar-refractivity contribution in [3.8, 4) is 17.7 Å². The molecule has 120 valence electrons. The van der Waals surface area contributed by atoms with E-state index in [-0.39, 0.29) is 11.3 Å². The van der Waals surface area contributed by atoms with Gasteiger partial charge in [-0.25, -0.2) is 0 Å². The fraction of sp³-hybridized carbons (Fsp3) is 0.133. The topological polar surface area (TPSA) is 111 Å². The van der Waals surface area contributed by atoms with Crippen LogP contribution in [0, 0.1) is 21.4 Å². The summed E-state index contributed by atoms with van der Waals surface area (Å²) in [4.78, 5) is 11.1. The third-order valence-corrected chi connectivity index (χ3v) is 4.31. The molecule has 0 radical (unpaired) electrons. The first-order chi connectivity index (χ1) is 11.6. The summed E-state index contributed by atoms with van der Waals surface area (Å²) in [6.45, 7) is 2.50. The average molecular weight is 341 g/mol. The van der Waals surface area contributed by atoms with E-state index in [1.165, 1.54) is 12.1 Å². The molecule has 3 rings (SSSR count). The van der Waals surface area contributed by atoms with Crippen molar-refractivity contribution >= 4 is 17.4 Å². The lowest BCUT2D eigenvalue weighted by Gasteiger charge is -2.06. The van der Waals surface area contributed by atoms with E-state index in [1.54, 1.807) is 24.5 Å². The molecule has 2 heterocycles. The maximum absolute atomic E-state index is 11.3. The third-order valence-electron chi connectivity index (χ3n) is 3.26. The molecule has 24 heavy (non-hydrogen) atoms. The van der Waals surface area contributed by atoms with Gasteiger partial charge >= 0.3 is 0 Å². The van der Waals surface area contributed by atoms with Gasteiger partial charge in [-0.3, -0.25) is 14.7 Å². The molecular weight excluding hydrogens is 330 g/mol. The summed E-state index contributed by atoms with van der Waals surface area (Å²) in [5.74, 6) is 1.13. The Kier molecular flexibility index (Phi) is 4.31. The quantitative estimate of drug-likeness (QED) is 0.516. The predicted octanol–water partition coefficient (Wildman–Crippen LogP) is 3.49. The predicted molar refractivity (Wildman–Crippen MR) is 85.3 cm³/mol. The molecule has 3 aromatic rings. The molecule has 0 atom stereocenters. The van der Waals surface area contributed by atoms with Gasteiger partial charge in [0, 0.05) is 12.6 Å². The molecular formula is C15H11N5O3S. The van der Waals surface area contributed by atoms with Gasteiger partial charge in [0.1, 0.15) is 0 Å². The fourth-order valence-electron chi connectivity index (χ4n) is 2.15. The second kappa shape index (κ2) is 6.55. The Labute approximate surface area is 140 Å². The van der Waals surface area contributed by atoms with Crippen LogP contribution in [-0.2, 0) is 6.54 Å². The first-order valence-corrected chi connectivity index (χ1v) is 7.79. The number of hydrogen-bond acceptors (Lipinski definition) is 7. The van der Waals surface area contributed by atoms with Crippen LogP contribution in [0.4, 0.5) is 5.69 Å². The van der Waals surface area contributed by atoms with E-state index in [4.69, 9.17) is 9.68 Å². The Balaban J connectivity index is 2.01. The molecule has 1 aromatic carbocycles. The Morgan fingerprint density at radius 3 is 2.88 bits per heavy atom. The largest absolute Gasteiger partial charge is 0.461 e. The Morgan fingerprint density at radius 1 is 1.42 bits per heavy atom. The van der Waals surface area contributed by atoms with Crippen LogP contribution in [0.5, 0.6) is 0 Å².